The highest BCUT2D eigenvalue weighted by atomic mass is 32.2. The topological polar surface area (TPSA) is 26.3 Å². The smallest absolute Gasteiger partial charge is 0.339 e. The molecule has 1 aromatic rings. The Kier molecular flexibility index (Phi) is 4.01. The van der Waals surface area contributed by atoms with E-state index < -0.39 is 0 Å². The molecule has 0 aliphatic rings. The van der Waals surface area contributed by atoms with Crippen LogP contribution in [-0.2, 0) is 4.74 Å². The van der Waals surface area contributed by atoms with Gasteiger partial charge >= 0.3 is 5.97 Å². The number of methoxy groups -OCH3 is 1. The molecule has 0 amide bonds. The minimum Gasteiger partial charge on any atom is -0.465 e. The third-order valence-corrected chi connectivity index (χ3v) is 2.86. The number of carbonyl (C=O) groups is 1. The lowest BCUT2D eigenvalue weighted by Gasteiger charge is -2.08. The number of thioether (sulfide) groups is 1. The van der Waals surface area contributed by atoms with Crippen LogP contribution in [-0.4, -0.2) is 18.8 Å². The lowest BCUT2D eigenvalue weighted by atomic mass is 10.1. The summed E-state index contributed by atoms with van der Waals surface area (Å²) >= 11 is 1.66. The maximum Gasteiger partial charge on any atom is 0.339 e. The lowest BCUT2D eigenvalue weighted by molar-refractivity contribution is 0.0596. The molecule has 0 spiro atoms. The largest absolute Gasteiger partial charge is 0.465 e. The van der Waals surface area contributed by atoms with Crippen LogP contribution < -0.4 is 0 Å². The van der Waals surface area contributed by atoms with E-state index in [0.29, 0.717) is 5.56 Å². The van der Waals surface area contributed by atoms with Crippen LogP contribution in [0.3, 0.4) is 0 Å². The van der Waals surface area contributed by atoms with Crippen LogP contribution >= 0.6 is 11.8 Å². The van der Waals surface area contributed by atoms with Gasteiger partial charge in [0, 0.05) is 4.90 Å². The summed E-state index contributed by atoms with van der Waals surface area (Å²) in [6.07, 6.45) is 0. The average molecular weight is 210 g/mol. The summed E-state index contributed by atoms with van der Waals surface area (Å²) < 4.78 is 4.75. The highest BCUT2D eigenvalue weighted by molar-refractivity contribution is 7.99. The van der Waals surface area contributed by atoms with Crippen molar-refractivity contribution in [2.24, 2.45) is 0 Å². The molecule has 0 bridgehead atoms. The number of esters is 1. The molecule has 0 aliphatic heterocycles. The molecule has 76 valence electrons. The first kappa shape index (κ1) is 11.1. The Morgan fingerprint density at radius 1 is 1.50 bits per heavy atom. The average Bonchev–Trinajstić information content (AvgIpc) is 2.18. The summed E-state index contributed by atoms with van der Waals surface area (Å²) in [5, 5.41) is 0. The Bertz CT molecular complexity index is 334. The zero-order valence-corrected chi connectivity index (χ0v) is 9.48. The van der Waals surface area contributed by atoms with Gasteiger partial charge in [-0.1, -0.05) is 19.1 Å². The molecular formula is C11H14O2S. The van der Waals surface area contributed by atoms with Crippen LogP contribution in [0.5, 0.6) is 0 Å². The zero-order chi connectivity index (χ0) is 10.6. The molecular weight excluding hydrogens is 196 g/mol. The van der Waals surface area contributed by atoms with Gasteiger partial charge < -0.3 is 4.74 Å². The van der Waals surface area contributed by atoms with E-state index in [1.54, 1.807) is 11.8 Å². The number of hydrogen-bond donors (Lipinski definition) is 0. The predicted octanol–water partition coefficient (Wildman–Crippen LogP) is 2.89. The molecule has 0 saturated heterocycles. The summed E-state index contributed by atoms with van der Waals surface area (Å²) in [5.74, 6) is 0.701. The van der Waals surface area contributed by atoms with Gasteiger partial charge in [-0.15, -0.1) is 11.8 Å². The van der Waals surface area contributed by atoms with Gasteiger partial charge in [-0.05, 0) is 24.3 Å². The van der Waals surface area contributed by atoms with E-state index in [2.05, 4.69) is 6.92 Å². The molecule has 14 heavy (non-hydrogen) atoms. The van der Waals surface area contributed by atoms with E-state index in [9.17, 15) is 4.79 Å². The maximum absolute atomic E-state index is 11.5. The quantitative estimate of drug-likeness (QED) is 0.567. The molecule has 1 aromatic carbocycles. The molecule has 0 aromatic heterocycles. The van der Waals surface area contributed by atoms with Crippen LogP contribution in [0.2, 0.25) is 0 Å². The molecule has 0 unspecified atom stereocenters. The fraction of sp³-hybridized carbons (Fsp3) is 0.364. The van der Waals surface area contributed by atoms with Gasteiger partial charge in [0.25, 0.3) is 0 Å². The standard InChI is InChI=1S/C11H14O2S/c1-4-14-9-7-5-6-8(2)10(9)11(12)13-3/h5-7H,4H2,1-3H3. The van der Waals surface area contributed by atoms with Gasteiger partial charge in [0.2, 0.25) is 0 Å². The first-order chi connectivity index (χ1) is 6.70. The molecule has 0 atom stereocenters. The molecule has 0 saturated carbocycles. The molecule has 3 heteroatoms. The molecule has 0 fully saturated rings. The van der Waals surface area contributed by atoms with Crippen molar-refractivity contribution >= 4 is 17.7 Å². The van der Waals surface area contributed by atoms with Crippen molar-refractivity contribution in [2.75, 3.05) is 12.9 Å². The van der Waals surface area contributed by atoms with Crippen LogP contribution in [0.1, 0.15) is 22.8 Å². The molecule has 2 nitrogen and oxygen atoms in total. The van der Waals surface area contributed by atoms with Crippen molar-refractivity contribution in [3.05, 3.63) is 29.3 Å². The normalized spacial score (nSPS) is 9.93. The van der Waals surface area contributed by atoms with E-state index in [1.165, 1.54) is 7.11 Å². The number of ether oxygens (including phenoxy) is 1. The Labute approximate surface area is 88.7 Å². The number of aryl methyl sites for hydroxylation is 1. The fourth-order valence-electron chi connectivity index (χ4n) is 1.28. The molecule has 0 radical (unpaired) electrons. The second kappa shape index (κ2) is 5.05. The summed E-state index contributed by atoms with van der Waals surface area (Å²) in [7, 11) is 1.41. The number of carbonyl (C=O) groups excluding carboxylic acids is 1. The highest BCUT2D eigenvalue weighted by Crippen LogP contribution is 2.25. The van der Waals surface area contributed by atoms with Crippen LogP contribution in [0.15, 0.2) is 23.1 Å². The third kappa shape index (κ3) is 2.29. The van der Waals surface area contributed by atoms with Crippen molar-refractivity contribution < 1.29 is 9.53 Å². The SMILES string of the molecule is CCSc1cccc(C)c1C(=O)OC. The first-order valence-corrected chi connectivity index (χ1v) is 5.50. The molecule has 0 heterocycles. The monoisotopic (exact) mass is 210 g/mol. The van der Waals surface area contributed by atoms with Crippen molar-refractivity contribution in [3.63, 3.8) is 0 Å². The Balaban J connectivity index is 3.15. The van der Waals surface area contributed by atoms with Gasteiger partial charge in [-0.2, -0.15) is 0 Å². The van der Waals surface area contributed by atoms with E-state index >= 15 is 0 Å². The second-order valence-electron chi connectivity index (χ2n) is 2.87. The van der Waals surface area contributed by atoms with Gasteiger partial charge in [0.1, 0.15) is 0 Å². The Hall–Kier alpha value is -0.960. The summed E-state index contributed by atoms with van der Waals surface area (Å²) in [5.41, 5.74) is 1.66. The zero-order valence-electron chi connectivity index (χ0n) is 8.66. The van der Waals surface area contributed by atoms with Crippen molar-refractivity contribution in [2.45, 2.75) is 18.7 Å². The van der Waals surface area contributed by atoms with Crippen LogP contribution in [0.25, 0.3) is 0 Å². The van der Waals surface area contributed by atoms with Crippen molar-refractivity contribution in [3.8, 4) is 0 Å². The maximum atomic E-state index is 11.5. The second-order valence-corrected chi connectivity index (χ2v) is 4.18. The van der Waals surface area contributed by atoms with E-state index in [1.807, 2.05) is 25.1 Å². The van der Waals surface area contributed by atoms with Crippen molar-refractivity contribution in [1.82, 2.24) is 0 Å². The van der Waals surface area contributed by atoms with E-state index in [-0.39, 0.29) is 5.97 Å². The van der Waals surface area contributed by atoms with Crippen molar-refractivity contribution in [1.29, 1.82) is 0 Å². The number of hydrogen-bond acceptors (Lipinski definition) is 3. The summed E-state index contributed by atoms with van der Waals surface area (Å²) in [6.45, 7) is 3.99. The minimum absolute atomic E-state index is 0.251. The Morgan fingerprint density at radius 3 is 2.79 bits per heavy atom. The molecule has 0 aliphatic carbocycles. The third-order valence-electron chi connectivity index (χ3n) is 1.92. The first-order valence-electron chi connectivity index (χ1n) is 4.51. The van der Waals surface area contributed by atoms with Crippen LogP contribution in [0.4, 0.5) is 0 Å². The van der Waals surface area contributed by atoms with E-state index in [4.69, 9.17) is 4.74 Å². The number of rotatable bonds is 3. The Morgan fingerprint density at radius 2 is 2.21 bits per heavy atom. The molecule has 0 N–H and O–H groups in total. The van der Waals surface area contributed by atoms with Crippen LogP contribution in [0, 0.1) is 6.92 Å². The highest BCUT2D eigenvalue weighted by Gasteiger charge is 2.13. The molecule has 1 rings (SSSR count). The minimum atomic E-state index is -0.251. The van der Waals surface area contributed by atoms with Gasteiger partial charge in [-0.3, -0.25) is 0 Å². The number of benzene rings is 1. The summed E-state index contributed by atoms with van der Waals surface area (Å²) in [6, 6.07) is 5.83. The lowest BCUT2D eigenvalue weighted by Crippen LogP contribution is -2.05. The van der Waals surface area contributed by atoms with Gasteiger partial charge in [0.05, 0.1) is 12.7 Å². The fourth-order valence-corrected chi connectivity index (χ4v) is 2.15. The van der Waals surface area contributed by atoms with Gasteiger partial charge in [-0.25, -0.2) is 4.79 Å². The predicted molar refractivity (Wildman–Crippen MR) is 58.9 cm³/mol. The van der Waals surface area contributed by atoms with Gasteiger partial charge in [0.15, 0.2) is 0 Å². The van der Waals surface area contributed by atoms with E-state index in [0.717, 1.165) is 16.2 Å². The summed E-state index contributed by atoms with van der Waals surface area (Å²) in [4.78, 5) is 12.5.